The Kier molecular flexibility index (Phi) is 5.12. The van der Waals surface area contributed by atoms with Crippen LogP contribution in [0.25, 0.3) is 0 Å². The molecule has 140 valence electrons. The van der Waals surface area contributed by atoms with Gasteiger partial charge in [-0.3, -0.25) is 18.8 Å². The van der Waals surface area contributed by atoms with Gasteiger partial charge in [0.1, 0.15) is 0 Å². The van der Waals surface area contributed by atoms with Crippen molar-refractivity contribution < 1.29 is 8.42 Å². The Morgan fingerprint density at radius 1 is 0.923 bits per heavy atom. The highest BCUT2D eigenvalue weighted by Crippen LogP contribution is 2.17. The topological polar surface area (TPSA) is 84.6 Å². The van der Waals surface area contributed by atoms with Crippen molar-refractivity contribution in [2.45, 2.75) is 11.4 Å². The van der Waals surface area contributed by atoms with E-state index in [1.54, 1.807) is 37.4 Å². The molecule has 26 heavy (non-hydrogen) atoms. The monoisotopic (exact) mass is 378 g/mol. The molecule has 1 fully saturated rings. The highest BCUT2D eigenvalue weighted by Gasteiger charge is 2.28. The maximum atomic E-state index is 12.7. The van der Waals surface area contributed by atoms with Crippen molar-refractivity contribution in [2.75, 3.05) is 26.2 Å². The lowest BCUT2D eigenvalue weighted by atomic mass is 10.3. The molecule has 1 aliphatic heterocycles. The van der Waals surface area contributed by atoms with Gasteiger partial charge < -0.3 is 0 Å². The van der Waals surface area contributed by atoms with Crippen LogP contribution in [0.15, 0.2) is 50.9 Å². The number of nitrogens with zero attached hydrogens (tertiary/aromatic N) is 4. The minimum absolute atomic E-state index is 0.294. The fourth-order valence-corrected chi connectivity index (χ4v) is 4.47. The normalized spacial score (nSPS) is 16.7. The Morgan fingerprint density at radius 3 is 2.15 bits per heavy atom. The summed E-state index contributed by atoms with van der Waals surface area (Å²) in [5.41, 5.74) is -0.0800. The SMILES string of the molecule is Cn1c(CN2CCN(S(=O)(=O)c3ccccc3)CC2)cc(=O)n(C)c1=O. The summed E-state index contributed by atoms with van der Waals surface area (Å²) in [7, 11) is -0.409. The highest BCUT2D eigenvalue weighted by atomic mass is 32.2. The molecule has 2 aromatic rings. The van der Waals surface area contributed by atoms with Gasteiger partial charge in [-0.1, -0.05) is 18.2 Å². The van der Waals surface area contributed by atoms with Gasteiger partial charge in [0.25, 0.3) is 5.56 Å². The van der Waals surface area contributed by atoms with E-state index in [0.717, 1.165) is 4.57 Å². The fourth-order valence-electron chi connectivity index (χ4n) is 3.03. The van der Waals surface area contributed by atoms with Crippen LogP contribution in [-0.4, -0.2) is 52.9 Å². The average molecular weight is 378 g/mol. The Balaban J connectivity index is 1.70. The van der Waals surface area contributed by atoms with E-state index < -0.39 is 10.0 Å². The van der Waals surface area contributed by atoms with Crippen LogP contribution in [0.3, 0.4) is 0 Å². The largest absolute Gasteiger partial charge is 0.330 e. The number of rotatable bonds is 4. The van der Waals surface area contributed by atoms with E-state index in [-0.39, 0.29) is 11.2 Å². The van der Waals surface area contributed by atoms with Crippen LogP contribution < -0.4 is 11.2 Å². The average Bonchev–Trinajstić information content (AvgIpc) is 2.65. The zero-order valence-electron chi connectivity index (χ0n) is 14.8. The van der Waals surface area contributed by atoms with Crippen LogP contribution in [0.1, 0.15) is 5.69 Å². The molecule has 1 saturated heterocycles. The van der Waals surface area contributed by atoms with Gasteiger partial charge in [-0.05, 0) is 12.1 Å². The lowest BCUT2D eigenvalue weighted by Crippen LogP contribution is -2.49. The number of sulfonamides is 1. The van der Waals surface area contributed by atoms with Crippen molar-refractivity contribution in [1.82, 2.24) is 18.3 Å². The van der Waals surface area contributed by atoms with E-state index in [1.165, 1.54) is 22.0 Å². The molecule has 0 bridgehead atoms. The van der Waals surface area contributed by atoms with Crippen molar-refractivity contribution in [2.24, 2.45) is 14.1 Å². The highest BCUT2D eigenvalue weighted by molar-refractivity contribution is 7.89. The number of piperazine rings is 1. The Morgan fingerprint density at radius 2 is 1.54 bits per heavy atom. The summed E-state index contributed by atoms with van der Waals surface area (Å²) in [4.78, 5) is 26.2. The summed E-state index contributed by atoms with van der Waals surface area (Å²) in [6.45, 7) is 2.25. The van der Waals surface area contributed by atoms with Gasteiger partial charge in [-0.2, -0.15) is 4.31 Å². The second kappa shape index (κ2) is 7.18. The van der Waals surface area contributed by atoms with Crippen molar-refractivity contribution in [3.05, 3.63) is 62.9 Å². The van der Waals surface area contributed by atoms with Crippen molar-refractivity contribution in [1.29, 1.82) is 0 Å². The van der Waals surface area contributed by atoms with Gasteiger partial charge in [0, 0.05) is 58.6 Å². The van der Waals surface area contributed by atoms with Crippen LogP contribution >= 0.6 is 0 Å². The molecule has 1 aromatic carbocycles. The lowest BCUT2D eigenvalue weighted by molar-refractivity contribution is 0.177. The molecule has 0 atom stereocenters. The van der Waals surface area contributed by atoms with E-state index in [2.05, 4.69) is 0 Å². The molecule has 0 aliphatic carbocycles. The number of hydrogen-bond acceptors (Lipinski definition) is 5. The maximum Gasteiger partial charge on any atom is 0.330 e. The maximum absolute atomic E-state index is 12.7. The van der Waals surface area contributed by atoms with E-state index in [1.807, 2.05) is 4.90 Å². The third-order valence-electron chi connectivity index (χ3n) is 4.72. The van der Waals surface area contributed by atoms with Crippen LogP contribution in [0.5, 0.6) is 0 Å². The molecular weight excluding hydrogens is 356 g/mol. The first-order valence-electron chi connectivity index (χ1n) is 8.34. The van der Waals surface area contributed by atoms with Gasteiger partial charge in [-0.15, -0.1) is 0 Å². The van der Waals surface area contributed by atoms with Gasteiger partial charge >= 0.3 is 5.69 Å². The Hall–Kier alpha value is -2.23. The molecule has 8 nitrogen and oxygen atoms in total. The van der Waals surface area contributed by atoms with Gasteiger partial charge in [0.05, 0.1) is 4.90 Å². The molecule has 0 amide bonds. The zero-order chi connectivity index (χ0) is 18.9. The summed E-state index contributed by atoms with van der Waals surface area (Å²) in [5, 5.41) is 0. The second-order valence-electron chi connectivity index (χ2n) is 6.37. The lowest BCUT2D eigenvalue weighted by Gasteiger charge is -2.34. The molecule has 0 radical (unpaired) electrons. The smallest absolute Gasteiger partial charge is 0.299 e. The first-order valence-corrected chi connectivity index (χ1v) is 9.78. The molecule has 3 rings (SSSR count). The predicted octanol–water partition coefficient (Wildman–Crippen LogP) is -0.409. The van der Waals surface area contributed by atoms with E-state index in [0.29, 0.717) is 43.3 Å². The molecule has 0 N–H and O–H groups in total. The standard InChI is InChI=1S/C17H22N4O4S/c1-18-14(12-16(22)19(2)17(18)23)13-20-8-10-21(11-9-20)26(24,25)15-6-4-3-5-7-15/h3-7,12H,8-11,13H2,1-2H3. The van der Waals surface area contributed by atoms with Gasteiger partial charge in [-0.25, -0.2) is 13.2 Å². The first kappa shape index (κ1) is 18.6. The molecule has 0 unspecified atom stereocenters. The van der Waals surface area contributed by atoms with Crippen molar-refractivity contribution >= 4 is 10.0 Å². The predicted molar refractivity (Wildman–Crippen MR) is 97.4 cm³/mol. The first-order chi connectivity index (χ1) is 12.3. The minimum Gasteiger partial charge on any atom is -0.299 e. The fraction of sp³-hybridized carbons (Fsp3) is 0.412. The molecular formula is C17H22N4O4S. The minimum atomic E-state index is -3.49. The third-order valence-corrected chi connectivity index (χ3v) is 6.64. The zero-order valence-corrected chi connectivity index (χ0v) is 15.6. The van der Waals surface area contributed by atoms with E-state index in [4.69, 9.17) is 0 Å². The second-order valence-corrected chi connectivity index (χ2v) is 8.31. The summed E-state index contributed by atoms with van der Waals surface area (Å²) in [6.07, 6.45) is 0. The van der Waals surface area contributed by atoms with Crippen LogP contribution in [-0.2, 0) is 30.7 Å². The summed E-state index contributed by atoms with van der Waals surface area (Å²) in [5.74, 6) is 0. The van der Waals surface area contributed by atoms with Gasteiger partial charge in [0.15, 0.2) is 0 Å². The quantitative estimate of drug-likeness (QED) is 0.722. The van der Waals surface area contributed by atoms with E-state index >= 15 is 0 Å². The number of aromatic nitrogens is 2. The van der Waals surface area contributed by atoms with Crippen LogP contribution in [0.2, 0.25) is 0 Å². The van der Waals surface area contributed by atoms with Crippen molar-refractivity contribution in [3.63, 3.8) is 0 Å². The molecule has 9 heteroatoms. The Bertz CT molecular complexity index is 1000. The molecule has 1 aliphatic rings. The van der Waals surface area contributed by atoms with Gasteiger partial charge in [0.2, 0.25) is 10.0 Å². The number of benzene rings is 1. The molecule has 2 heterocycles. The molecule has 0 spiro atoms. The van der Waals surface area contributed by atoms with Crippen LogP contribution in [0.4, 0.5) is 0 Å². The van der Waals surface area contributed by atoms with Crippen molar-refractivity contribution in [3.8, 4) is 0 Å². The Labute approximate surface area is 151 Å². The molecule has 1 aromatic heterocycles. The van der Waals surface area contributed by atoms with E-state index in [9.17, 15) is 18.0 Å². The summed E-state index contributed by atoms with van der Waals surface area (Å²) in [6, 6.07) is 9.84. The summed E-state index contributed by atoms with van der Waals surface area (Å²) < 4.78 is 29.3. The molecule has 0 saturated carbocycles. The number of hydrogen-bond donors (Lipinski definition) is 0. The van der Waals surface area contributed by atoms with Crippen LogP contribution in [0, 0.1) is 0 Å². The third kappa shape index (κ3) is 3.50. The summed E-state index contributed by atoms with van der Waals surface area (Å²) >= 11 is 0.